The number of esters is 1. The first-order valence-electron chi connectivity index (χ1n) is 4.02. The van der Waals surface area contributed by atoms with Crippen molar-refractivity contribution in [2.75, 3.05) is 7.11 Å². The quantitative estimate of drug-likeness (QED) is 0.604. The number of nitrogens with two attached hydrogens (primary N) is 1. The average Bonchev–Trinajstić information content (AvgIpc) is 2.36. The van der Waals surface area contributed by atoms with E-state index < -0.39 is 0 Å². The Balaban J connectivity index is 2.39. The Labute approximate surface area is 66.9 Å². The van der Waals surface area contributed by atoms with Gasteiger partial charge >= 0.3 is 5.97 Å². The highest BCUT2D eigenvalue weighted by Crippen LogP contribution is 2.29. The molecule has 1 aliphatic carbocycles. The van der Waals surface area contributed by atoms with E-state index in [4.69, 9.17) is 5.73 Å². The van der Waals surface area contributed by atoms with Gasteiger partial charge in [-0.2, -0.15) is 0 Å². The molecule has 0 saturated heterocycles. The summed E-state index contributed by atoms with van der Waals surface area (Å²) in [7, 11) is 1.40. The zero-order valence-electron chi connectivity index (χ0n) is 6.93. The predicted octanol–water partition coefficient (Wildman–Crippen LogP) is 0.821. The molecular formula is C8H15NO2. The third-order valence-corrected chi connectivity index (χ3v) is 2.32. The van der Waals surface area contributed by atoms with Gasteiger partial charge in [-0.05, 0) is 12.8 Å². The maximum Gasteiger partial charge on any atom is 0.307 e. The van der Waals surface area contributed by atoms with Crippen molar-refractivity contribution >= 4 is 5.97 Å². The van der Waals surface area contributed by atoms with E-state index in [9.17, 15) is 4.79 Å². The Hall–Kier alpha value is -0.570. The van der Waals surface area contributed by atoms with Crippen molar-refractivity contribution < 1.29 is 9.53 Å². The molecule has 3 heteroatoms. The molecule has 3 nitrogen and oxygen atoms in total. The van der Waals surface area contributed by atoms with Gasteiger partial charge in [-0.3, -0.25) is 4.79 Å². The van der Waals surface area contributed by atoms with Crippen LogP contribution in [0.15, 0.2) is 0 Å². The summed E-state index contributed by atoms with van der Waals surface area (Å²) in [4.78, 5) is 10.9. The Morgan fingerprint density at radius 3 is 2.55 bits per heavy atom. The molecule has 0 heterocycles. The van der Waals surface area contributed by atoms with Crippen LogP contribution in [0.5, 0.6) is 0 Å². The second kappa shape index (κ2) is 3.22. The van der Waals surface area contributed by atoms with Gasteiger partial charge in [0.15, 0.2) is 0 Å². The minimum atomic E-state index is -0.257. The van der Waals surface area contributed by atoms with Crippen LogP contribution in [0, 0.1) is 0 Å². The summed E-state index contributed by atoms with van der Waals surface area (Å²) in [5.74, 6) is -0.186. The highest BCUT2D eigenvalue weighted by atomic mass is 16.5. The first-order valence-corrected chi connectivity index (χ1v) is 4.02. The monoisotopic (exact) mass is 157 g/mol. The molecule has 0 amide bonds. The molecule has 1 fully saturated rings. The molecule has 0 aliphatic heterocycles. The summed E-state index contributed by atoms with van der Waals surface area (Å²) >= 11 is 0. The summed E-state index contributed by atoms with van der Waals surface area (Å²) in [5.41, 5.74) is 5.68. The second-order valence-corrected chi connectivity index (χ2v) is 3.32. The molecule has 1 aliphatic rings. The van der Waals surface area contributed by atoms with Crippen molar-refractivity contribution in [1.29, 1.82) is 0 Å². The Kier molecular flexibility index (Phi) is 2.49. The minimum absolute atomic E-state index is 0.186. The Morgan fingerprint density at radius 1 is 1.55 bits per heavy atom. The van der Waals surface area contributed by atoms with Crippen molar-refractivity contribution in [2.45, 2.75) is 37.6 Å². The molecule has 2 N–H and O–H groups in total. The van der Waals surface area contributed by atoms with E-state index in [0.717, 1.165) is 25.7 Å². The van der Waals surface area contributed by atoms with Gasteiger partial charge in [0.25, 0.3) is 0 Å². The van der Waals surface area contributed by atoms with Crippen LogP contribution in [0.3, 0.4) is 0 Å². The fraction of sp³-hybridized carbons (Fsp3) is 0.875. The van der Waals surface area contributed by atoms with Crippen molar-refractivity contribution in [3.63, 3.8) is 0 Å². The van der Waals surface area contributed by atoms with Gasteiger partial charge in [-0.1, -0.05) is 12.8 Å². The van der Waals surface area contributed by atoms with Crippen molar-refractivity contribution in [1.82, 2.24) is 0 Å². The second-order valence-electron chi connectivity index (χ2n) is 3.32. The molecule has 0 radical (unpaired) electrons. The molecule has 0 spiro atoms. The zero-order valence-corrected chi connectivity index (χ0v) is 6.93. The van der Waals surface area contributed by atoms with Crippen LogP contribution < -0.4 is 5.73 Å². The van der Waals surface area contributed by atoms with Crippen molar-refractivity contribution in [2.24, 2.45) is 5.73 Å². The van der Waals surface area contributed by atoms with Crippen LogP contribution in [0.1, 0.15) is 32.1 Å². The van der Waals surface area contributed by atoms with E-state index in [1.807, 2.05) is 0 Å². The van der Waals surface area contributed by atoms with Crippen LogP contribution in [-0.2, 0) is 9.53 Å². The van der Waals surface area contributed by atoms with Gasteiger partial charge in [-0.15, -0.1) is 0 Å². The maximum atomic E-state index is 10.9. The van der Waals surface area contributed by atoms with Crippen LogP contribution in [-0.4, -0.2) is 18.6 Å². The van der Waals surface area contributed by atoms with E-state index in [2.05, 4.69) is 4.74 Å². The first kappa shape index (κ1) is 8.53. The maximum absolute atomic E-state index is 10.9. The lowest BCUT2D eigenvalue weighted by Crippen LogP contribution is -2.38. The molecule has 0 atom stereocenters. The SMILES string of the molecule is COC(=O)CC1(N)CCCC1. The van der Waals surface area contributed by atoms with Gasteiger partial charge in [0.1, 0.15) is 0 Å². The average molecular weight is 157 g/mol. The van der Waals surface area contributed by atoms with Gasteiger partial charge in [-0.25, -0.2) is 0 Å². The number of carbonyl (C=O) groups excluding carboxylic acids is 1. The lowest BCUT2D eigenvalue weighted by Gasteiger charge is -2.21. The first-order chi connectivity index (χ1) is 5.16. The van der Waals surface area contributed by atoms with Gasteiger partial charge in [0.2, 0.25) is 0 Å². The van der Waals surface area contributed by atoms with E-state index >= 15 is 0 Å². The summed E-state index contributed by atoms with van der Waals surface area (Å²) in [5, 5.41) is 0. The Bertz CT molecular complexity index is 150. The number of carbonyl (C=O) groups is 1. The molecule has 0 aromatic heterocycles. The third-order valence-electron chi connectivity index (χ3n) is 2.32. The fourth-order valence-corrected chi connectivity index (χ4v) is 1.62. The van der Waals surface area contributed by atoms with Gasteiger partial charge < -0.3 is 10.5 Å². The zero-order chi connectivity index (χ0) is 8.32. The van der Waals surface area contributed by atoms with Gasteiger partial charge in [0, 0.05) is 5.54 Å². The minimum Gasteiger partial charge on any atom is -0.469 e. The summed E-state index contributed by atoms with van der Waals surface area (Å²) in [6.07, 6.45) is 4.59. The number of hydrogen-bond donors (Lipinski definition) is 1. The topological polar surface area (TPSA) is 52.3 Å². The molecule has 1 saturated carbocycles. The Morgan fingerprint density at radius 2 is 2.09 bits per heavy atom. The lowest BCUT2D eigenvalue weighted by molar-refractivity contribution is -0.141. The number of rotatable bonds is 2. The van der Waals surface area contributed by atoms with E-state index in [-0.39, 0.29) is 11.5 Å². The highest BCUT2D eigenvalue weighted by Gasteiger charge is 2.31. The summed E-state index contributed by atoms with van der Waals surface area (Å²) < 4.78 is 4.56. The van der Waals surface area contributed by atoms with Crippen LogP contribution >= 0.6 is 0 Å². The molecule has 11 heavy (non-hydrogen) atoms. The standard InChI is InChI=1S/C8H15NO2/c1-11-7(10)6-8(9)4-2-3-5-8/h2-6,9H2,1H3. The molecular weight excluding hydrogens is 142 g/mol. The fourth-order valence-electron chi connectivity index (χ4n) is 1.62. The third kappa shape index (κ3) is 2.19. The molecule has 0 bridgehead atoms. The van der Waals surface area contributed by atoms with Gasteiger partial charge in [0.05, 0.1) is 13.5 Å². The normalized spacial score (nSPS) is 21.6. The molecule has 0 unspecified atom stereocenters. The number of hydrogen-bond acceptors (Lipinski definition) is 3. The lowest BCUT2D eigenvalue weighted by atomic mass is 9.95. The summed E-state index contributed by atoms with van der Waals surface area (Å²) in [6.45, 7) is 0. The molecule has 0 aromatic carbocycles. The number of ether oxygens (including phenoxy) is 1. The van der Waals surface area contributed by atoms with E-state index in [1.165, 1.54) is 7.11 Å². The number of methoxy groups -OCH3 is 1. The predicted molar refractivity (Wildman–Crippen MR) is 42.0 cm³/mol. The van der Waals surface area contributed by atoms with Crippen molar-refractivity contribution in [3.8, 4) is 0 Å². The van der Waals surface area contributed by atoms with Crippen LogP contribution in [0.2, 0.25) is 0 Å². The molecule has 1 rings (SSSR count). The smallest absolute Gasteiger partial charge is 0.307 e. The summed E-state index contributed by atoms with van der Waals surface area (Å²) in [6, 6.07) is 0. The van der Waals surface area contributed by atoms with Crippen LogP contribution in [0.25, 0.3) is 0 Å². The highest BCUT2D eigenvalue weighted by molar-refractivity contribution is 5.70. The van der Waals surface area contributed by atoms with Crippen LogP contribution in [0.4, 0.5) is 0 Å². The van der Waals surface area contributed by atoms with Crippen molar-refractivity contribution in [3.05, 3.63) is 0 Å². The molecule has 0 aromatic rings. The largest absolute Gasteiger partial charge is 0.469 e. The van der Waals surface area contributed by atoms with E-state index in [1.54, 1.807) is 0 Å². The van der Waals surface area contributed by atoms with E-state index in [0.29, 0.717) is 6.42 Å². The molecule has 64 valence electrons.